The van der Waals surface area contributed by atoms with Crippen LogP contribution in [0.4, 0.5) is 8.78 Å². The van der Waals surface area contributed by atoms with Gasteiger partial charge in [-0.3, -0.25) is 0 Å². The van der Waals surface area contributed by atoms with Crippen molar-refractivity contribution in [1.29, 1.82) is 0 Å². The number of aryl methyl sites for hydroxylation is 1. The Bertz CT molecular complexity index is 779. The molecule has 1 atom stereocenters. The van der Waals surface area contributed by atoms with Crippen LogP contribution in [0.5, 0.6) is 0 Å². The van der Waals surface area contributed by atoms with Crippen molar-refractivity contribution in [1.82, 2.24) is 0 Å². The zero-order valence-corrected chi connectivity index (χ0v) is 12.2. The van der Waals surface area contributed by atoms with E-state index >= 15 is 0 Å². The fraction of sp³-hybridized carbons (Fsp3) is 0.125. The molecule has 2 aromatic carbocycles. The summed E-state index contributed by atoms with van der Waals surface area (Å²) in [6.07, 6.45) is 0. The molecule has 3 aromatic rings. The molecule has 0 fully saturated rings. The number of halogens is 3. The fourth-order valence-electron chi connectivity index (χ4n) is 2.14. The van der Waals surface area contributed by atoms with Crippen LogP contribution in [-0.2, 0) is 0 Å². The Morgan fingerprint density at radius 3 is 2.60 bits per heavy atom. The van der Waals surface area contributed by atoms with E-state index in [1.54, 1.807) is 25.1 Å². The quantitative estimate of drug-likeness (QED) is 0.524. The summed E-state index contributed by atoms with van der Waals surface area (Å²) in [5, 5.41) is 0.616. The molecule has 20 heavy (non-hydrogen) atoms. The zero-order chi connectivity index (χ0) is 14.3. The van der Waals surface area contributed by atoms with E-state index in [-0.39, 0.29) is 17.0 Å². The molecule has 0 N–H and O–H groups in total. The first-order valence-electron chi connectivity index (χ1n) is 6.14. The molecule has 1 unspecified atom stereocenters. The van der Waals surface area contributed by atoms with Crippen molar-refractivity contribution in [2.45, 2.75) is 12.3 Å². The molecule has 0 aliphatic carbocycles. The summed E-state index contributed by atoms with van der Waals surface area (Å²) in [6, 6.07) is 11.5. The van der Waals surface area contributed by atoms with Gasteiger partial charge in [0.15, 0.2) is 0 Å². The maximum absolute atomic E-state index is 13.3. The third-order valence-corrected chi connectivity index (χ3v) is 5.00. The summed E-state index contributed by atoms with van der Waals surface area (Å²) in [7, 11) is 0. The van der Waals surface area contributed by atoms with Gasteiger partial charge in [0.1, 0.15) is 11.6 Å². The van der Waals surface area contributed by atoms with E-state index in [4.69, 9.17) is 11.6 Å². The van der Waals surface area contributed by atoms with Crippen molar-refractivity contribution in [3.05, 3.63) is 70.1 Å². The van der Waals surface area contributed by atoms with E-state index in [2.05, 4.69) is 0 Å². The van der Waals surface area contributed by atoms with Crippen molar-refractivity contribution < 1.29 is 8.78 Å². The summed E-state index contributed by atoms with van der Waals surface area (Å²) in [6.45, 7) is 1.71. The smallest absolute Gasteiger partial charge is 0.126 e. The molecular weight excluding hydrogens is 298 g/mol. The van der Waals surface area contributed by atoms with Gasteiger partial charge in [-0.2, -0.15) is 0 Å². The van der Waals surface area contributed by atoms with Gasteiger partial charge in [-0.1, -0.05) is 18.2 Å². The second-order valence-corrected chi connectivity index (χ2v) is 6.25. The highest BCUT2D eigenvalue weighted by Gasteiger charge is 2.15. The van der Waals surface area contributed by atoms with Crippen LogP contribution in [0.3, 0.4) is 0 Å². The minimum absolute atomic E-state index is 0.240. The molecule has 3 rings (SSSR count). The van der Waals surface area contributed by atoms with Crippen molar-refractivity contribution >= 4 is 33.0 Å². The Hall–Kier alpha value is -1.45. The molecule has 0 amide bonds. The Morgan fingerprint density at radius 2 is 1.85 bits per heavy atom. The average Bonchev–Trinajstić information content (AvgIpc) is 2.84. The van der Waals surface area contributed by atoms with Crippen molar-refractivity contribution in [3.63, 3.8) is 0 Å². The summed E-state index contributed by atoms with van der Waals surface area (Å²) < 4.78 is 27.4. The lowest BCUT2D eigenvalue weighted by Crippen LogP contribution is -1.92. The van der Waals surface area contributed by atoms with E-state index in [9.17, 15) is 8.78 Å². The number of alkyl halides is 1. The van der Waals surface area contributed by atoms with Gasteiger partial charge in [0.05, 0.1) is 5.38 Å². The summed E-state index contributed by atoms with van der Waals surface area (Å²) in [5.41, 5.74) is 1.41. The Morgan fingerprint density at radius 1 is 1.05 bits per heavy atom. The average molecular weight is 309 g/mol. The van der Waals surface area contributed by atoms with Crippen LogP contribution in [0.25, 0.3) is 10.1 Å². The van der Waals surface area contributed by atoms with Crippen LogP contribution < -0.4 is 0 Å². The van der Waals surface area contributed by atoms with Gasteiger partial charge in [-0.05, 0) is 47.7 Å². The highest BCUT2D eigenvalue weighted by Crippen LogP contribution is 2.37. The van der Waals surface area contributed by atoms with Gasteiger partial charge in [0, 0.05) is 9.58 Å². The first-order valence-corrected chi connectivity index (χ1v) is 7.39. The van der Waals surface area contributed by atoms with E-state index in [0.717, 1.165) is 20.5 Å². The number of hydrogen-bond donors (Lipinski definition) is 0. The molecule has 0 nitrogen and oxygen atoms in total. The molecule has 0 saturated heterocycles. The SMILES string of the molecule is Cc1cc(C(Cl)c2cc3ccc(F)cc3s2)ccc1F. The van der Waals surface area contributed by atoms with Gasteiger partial charge in [-0.15, -0.1) is 22.9 Å². The highest BCUT2D eigenvalue weighted by atomic mass is 35.5. The summed E-state index contributed by atoms with van der Waals surface area (Å²) in [5.74, 6) is -0.495. The second kappa shape index (κ2) is 5.15. The maximum atomic E-state index is 13.3. The highest BCUT2D eigenvalue weighted by molar-refractivity contribution is 7.19. The summed E-state index contributed by atoms with van der Waals surface area (Å²) in [4.78, 5) is 0.929. The minimum atomic E-state index is -0.352. The fourth-order valence-corrected chi connectivity index (χ4v) is 3.57. The number of rotatable bonds is 2. The number of thiophene rings is 1. The van der Waals surface area contributed by atoms with Gasteiger partial charge in [0.2, 0.25) is 0 Å². The standard InChI is InChI=1S/C16H11ClF2S/c1-9-6-11(3-5-13(9)19)16(17)15-7-10-2-4-12(18)8-14(10)20-15/h2-8,16H,1H3. The number of fused-ring (bicyclic) bond motifs is 1. The van der Waals surface area contributed by atoms with Crippen molar-refractivity contribution in [2.24, 2.45) is 0 Å². The largest absolute Gasteiger partial charge is 0.207 e. The van der Waals surface area contributed by atoms with E-state index in [1.807, 2.05) is 6.07 Å². The molecular formula is C16H11ClF2S. The molecule has 0 aliphatic heterocycles. The van der Waals surface area contributed by atoms with Crippen LogP contribution >= 0.6 is 22.9 Å². The van der Waals surface area contributed by atoms with Crippen LogP contribution in [0, 0.1) is 18.6 Å². The van der Waals surface area contributed by atoms with Crippen molar-refractivity contribution in [2.75, 3.05) is 0 Å². The molecule has 0 radical (unpaired) electrons. The van der Waals surface area contributed by atoms with E-state index in [0.29, 0.717) is 5.56 Å². The first-order chi connectivity index (χ1) is 9.54. The Kier molecular flexibility index (Phi) is 3.48. The molecule has 4 heteroatoms. The van der Waals surface area contributed by atoms with Gasteiger partial charge < -0.3 is 0 Å². The maximum Gasteiger partial charge on any atom is 0.126 e. The van der Waals surface area contributed by atoms with Crippen LogP contribution in [0.1, 0.15) is 21.4 Å². The number of benzene rings is 2. The van der Waals surface area contributed by atoms with Crippen LogP contribution in [0.15, 0.2) is 42.5 Å². The van der Waals surface area contributed by atoms with E-state index < -0.39 is 0 Å². The monoisotopic (exact) mass is 308 g/mol. The predicted molar refractivity (Wildman–Crippen MR) is 80.6 cm³/mol. The van der Waals surface area contributed by atoms with Crippen LogP contribution in [0.2, 0.25) is 0 Å². The lowest BCUT2D eigenvalue weighted by Gasteiger charge is -2.08. The Balaban J connectivity index is 2.02. The minimum Gasteiger partial charge on any atom is -0.207 e. The molecule has 0 saturated carbocycles. The molecule has 0 spiro atoms. The Labute approximate surface area is 124 Å². The summed E-state index contributed by atoms with van der Waals surface area (Å²) >= 11 is 7.92. The molecule has 0 bridgehead atoms. The topological polar surface area (TPSA) is 0 Å². The van der Waals surface area contributed by atoms with Crippen molar-refractivity contribution in [3.8, 4) is 0 Å². The lowest BCUT2D eigenvalue weighted by molar-refractivity contribution is 0.617. The molecule has 1 aromatic heterocycles. The number of hydrogen-bond acceptors (Lipinski definition) is 1. The van der Waals surface area contributed by atoms with Gasteiger partial charge in [-0.25, -0.2) is 8.78 Å². The molecule has 1 heterocycles. The second-order valence-electron chi connectivity index (χ2n) is 4.70. The van der Waals surface area contributed by atoms with E-state index in [1.165, 1.54) is 29.5 Å². The predicted octanol–water partition coefficient (Wildman–Crippen LogP) is 5.82. The molecule has 0 aliphatic rings. The van der Waals surface area contributed by atoms with Crippen LogP contribution in [-0.4, -0.2) is 0 Å². The third kappa shape index (κ3) is 2.43. The first kappa shape index (κ1) is 13.5. The molecule has 102 valence electrons. The normalized spacial score (nSPS) is 12.8. The third-order valence-electron chi connectivity index (χ3n) is 3.23. The lowest BCUT2D eigenvalue weighted by atomic mass is 10.1. The zero-order valence-electron chi connectivity index (χ0n) is 10.7. The van der Waals surface area contributed by atoms with Gasteiger partial charge in [0.25, 0.3) is 0 Å². The van der Waals surface area contributed by atoms with Gasteiger partial charge >= 0.3 is 0 Å².